The van der Waals surface area contributed by atoms with Crippen molar-refractivity contribution in [3.8, 4) is 17.0 Å². The molecule has 0 saturated carbocycles. The number of aromatic nitrogens is 1. The van der Waals surface area contributed by atoms with E-state index in [1.807, 2.05) is 37.3 Å². The number of methoxy groups -OCH3 is 1. The number of amides is 2. The highest BCUT2D eigenvalue weighted by Crippen LogP contribution is 2.31. The zero-order valence-corrected chi connectivity index (χ0v) is 16.5. The van der Waals surface area contributed by atoms with Gasteiger partial charge in [-0.1, -0.05) is 18.2 Å². The van der Waals surface area contributed by atoms with E-state index in [0.717, 1.165) is 21.9 Å². The maximum absolute atomic E-state index is 12.2. The number of hydrogen-bond acceptors (Lipinski definition) is 5. The molecule has 0 aliphatic heterocycles. The second kappa shape index (κ2) is 9.14. The number of nitrogens with one attached hydrogen (secondary N) is 2. The molecular weight excluding hydrogens is 374 g/mol. The van der Waals surface area contributed by atoms with E-state index < -0.39 is 0 Å². The number of carbonyl (C=O) groups is 2. The van der Waals surface area contributed by atoms with E-state index in [1.165, 1.54) is 11.3 Å². The maximum Gasteiger partial charge on any atom is 0.251 e. The molecule has 2 aromatic carbocycles. The van der Waals surface area contributed by atoms with Crippen molar-refractivity contribution in [1.82, 2.24) is 10.3 Å². The summed E-state index contributed by atoms with van der Waals surface area (Å²) in [7, 11) is 1.62. The molecule has 28 heavy (non-hydrogen) atoms. The monoisotopic (exact) mass is 395 g/mol. The standard InChI is InChI=1S/C21H21N3O3S/c1-14-19(15-8-10-17(27-2)11-9-15)24-21(28-14)23-18(25)12-13-22-20(26)16-6-4-3-5-7-16/h3-11H,12-13H2,1-2H3,(H,22,26)(H,23,24,25). The number of nitrogens with zero attached hydrogens (tertiary/aromatic N) is 1. The Kier molecular flexibility index (Phi) is 6.39. The fraction of sp³-hybridized carbons (Fsp3) is 0.190. The molecule has 0 bridgehead atoms. The minimum Gasteiger partial charge on any atom is -0.497 e. The van der Waals surface area contributed by atoms with Gasteiger partial charge in [-0.05, 0) is 43.3 Å². The van der Waals surface area contributed by atoms with Gasteiger partial charge in [0.25, 0.3) is 5.91 Å². The van der Waals surface area contributed by atoms with Crippen LogP contribution in [-0.2, 0) is 4.79 Å². The summed E-state index contributed by atoms with van der Waals surface area (Å²) in [4.78, 5) is 29.7. The molecule has 2 amide bonds. The Labute approximate surface area is 167 Å². The van der Waals surface area contributed by atoms with Crippen LogP contribution in [0, 0.1) is 6.92 Å². The number of rotatable bonds is 7. The Morgan fingerprint density at radius 3 is 2.46 bits per heavy atom. The predicted molar refractivity (Wildman–Crippen MR) is 111 cm³/mol. The lowest BCUT2D eigenvalue weighted by Gasteiger charge is -2.05. The van der Waals surface area contributed by atoms with Crippen molar-refractivity contribution in [2.45, 2.75) is 13.3 Å². The van der Waals surface area contributed by atoms with Gasteiger partial charge in [-0.15, -0.1) is 11.3 Å². The molecule has 3 aromatic rings. The van der Waals surface area contributed by atoms with Crippen molar-refractivity contribution in [3.63, 3.8) is 0 Å². The van der Waals surface area contributed by atoms with Crippen LogP contribution >= 0.6 is 11.3 Å². The van der Waals surface area contributed by atoms with E-state index in [1.54, 1.807) is 31.4 Å². The summed E-state index contributed by atoms with van der Waals surface area (Å²) in [6, 6.07) is 16.5. The molecule has 0 unspecified atom stereocenters. The Balaban J connectivity index is 1.53. The Morgan fingerprint density at radius 2 is 1.79 bits per heavy atom. The van der Waals surface area contributed by atoms with Gasteiger partial charge in [-0.2, -0.15) is 0 Å². The Bertz CT molecular complexity index is 953. The maximum atomic E-state index is 12.2. The van der Waals surface area contributed by atoms with Crippen molar-refractivity contribution in [3.05, 3.63) is 65.0 Å². The van der Waals surface area contributed by atoms with Crippen molar-refractivity contribution >= 4 is 28.3 Å². The number of hydrogen-bond donors (Lipinski definition) is 2. The lowest BCUT2D eigenvalue weighted by Crippen LogP contribution is -2.27. The van der Waals surface area contributed by atoms with E-state index in [-0.39, 0.29) is 24.8 Å². The first-order valence-electron chi connectivity index (χ1n) is 8.82. The predicted octanol–water partition coefficient (Wildman–Crippen LogP) is 3.89. The van der Waals surface area contributed by atoms with E-state index in [4.69, 9.17) is 4.74 Å². The van der Waals surface area contributed by atoms with Crippen LogP contribution in [0.5, 0.6) is 5.75 Å². The van der Waals surface area contributed by atoms with Crippen molar-refractivity contribution < 1.29 is 14.3 Å². The average Bonchev–Trinajstić information content (AvgIpc) is 3.08. The van der Waals surface area contributed by atoms with Gasteiger partial charge in [-0.3, -0.25) is 9.59 Å². The van der Waals surface area contributed by atoms with Crippen LogP contribution in [0.15, 0.2) is 54.6 Å². The van der Waals surface area contributed by atoms with Crippen LogP contribution in [0.4, 0.5) is 5.13 Å². The van der Waals surface area contributed by atoms with Crippen LogP contribution < -0.4 is 15.4 Å². The number of ether oxygens (including phenoxy) is 1. The fourth-order valence-corrected chi connectivity index (χ4v) is 3.48. The van der Waals surface area contributed by atoms with E-state index >= 15 is 0 Å². The number of benzene rings is 2. The van der Waals surface area contributed by atoms with Gasteiger partial charge in [0.05, 0.1) is 12.8 Å². The van der Waals surface area contributed by atoms with Crippen LogP contribution in [0.2, 0.25) is 0 Å². The molecule has 0 fully saturated rings. The molecule has 2 N–H and O–H groups in total. The highest BCUT2D eigenvalue weighted by atomic mass is 32.1. The number of thiazole rings is 1. The molecule has 144 valence electrons. The zero-order chi connectivity index (χ0) is 19.9. The van der Waals surface area contributed by atoms with E-state index in [9.17, 15) is 9.59 Å². The lowest BCUT2D eigenvalue weighted by atomic mass is 10.1. The van der Waals surface area contributed by atoms with E-state index in [2.05, 4.69) is 15.6 Å². The lowest BCUT2D eigenvalue weighted by molar-refractivity contribution is -0.116. The normalized spacial score (nSPS) is 10.4. The first-order valence-corrected chi connectivity index (χ1v) is 9.63. The fourth-order valence-electron chi connectivity index (χ4n) is 2.63. The molecule has 0 aliphatic rings. The summed E-state index contributed by atoms with van der Waals surface area (Å²) >= 11 is 1.42. The third kappa shape index (κ3) is 4.95. The molecular formula is C21H21N3O3S. The number of aryl methyl sites for hydroxylation is 1. The SMILES string of the molecule is COc1ccc(-c2nc(NC(=O)CCNC(=O)c3ccccc3)sc2C)cc1. The summed E-state index contributed by atoms with van der Waals surface area (Å²) in [5.41, 5.74) is 2.37. The van der Waals surface area contributed by atoms with Gasteiger partial charge in [0.2, 0.25) is 5.91 Å². The first kappa shape index (κ1) is 19.6. The zero-order valence-electron chi connectivity index (χ0n) is 15.7. The van der Waals surface area contributed by atoms with Gasteiger partial charge in [0, 0.05) is 29.0 Å². The molecule has 3 rings (SSSR count). The van der Waals surface area contributed by atoms with Gasteiger partial charge in [0.15, 0.2) is 5.13 Å². The second-order valence-electron chi connectivity index (χ2n) is 6.07. The highest BCUT2D eigenvalue weighted by molar-refractivity contribution is 7.16. The number of anilines is 1. The van der Waals surface area contributed by atoms with Gasteiger partial charge < -0.3 is 15.4 Å². The molecule has 0 atom stereocenters. The molecule has 6 nitrogen and oxygen atoms in total. The molecule has 0 radical (unpaired) electrons. The quantitative estimate of drug-likeness (QED) is 0.636. The molecule has 0 spiro atoms. The summed E-state index contributed by atoms with van der Waals surface area (Å²) in [6.07, 6.45) is 0.176. The van der Waals surface area contributed by atoms with Crippen LogP contribution in [0.3, 0.4) is 0 Å². The van der Waals surface area contributed by atoms with Crippen molar-refractivity contribution in [2.75, 3.05) is 19.0 Å². The molecule has 7 heteroatoms. The van der Waals surface area contributed by atoms with Crippen LogP contribution in [0.25, 0.3) is 11.3 Å². The minimum absolute atomic E-state index is 0.176. The van der Waals surface area contributed by atoms with Crippen LogP contribution in [-0.4, -0.2) is 30.5 Å². The third-order valence-corrected chi connectivity index (χ3v) is 4.97. The Morgan fingerprint density at radius 1 is 1.07 bits per heavy atom. The second-order valence-corrected chi connectivity index (χ2v) is 7.28. The van der Waals surface area contributed by atoms with E-state index in [0.29, 0.717) is 10.7 Å². The molecule has 0 aliphatic carbocycles. The van der Waals surface area contributed by atoms with Gasteiger partial charge >= 0.3 is 0 Å². The summed E-state index contributed by atoms with van der Waals surface area (Å²) in [5, 5.41) is 6.09. The van der Waals surface area contributed by atoms with Gasteiger partial charge in [-0.25, -0.2) is 4.98 Å². The largest absolute Gasteiger partial charge is 0.497 e. The average molecular weight is 395 g/mol. The number of carbonyl (C=O) groups excluding carboxylic acids is 2. The molecule has 1 heterocycles. The topological polar surface area (TPSA) is 80.3 Å². The highest BCUT2D eigenvalue weighted by Gasteiger charge is 2.13. The van der Waals surface area contributed by atoms with Crippen molar-refractivity contribution in [1.29, 1.82) is 0 Å². The third-order valence-electron chi connectivity index (χ3n) is 4.08. The van der Waals surface area contributed by atoms with Crippen LogP contribution in [0.1, 0.15) is 21.7 Å². The van der Waals surface area contributed by atoms with Crippen molar-refractivity contribution in [2.24, 2.45) is 0 Å². The minimum atomic E-state index is -0.194. The summed E-state index contributed by atoms with van der Waals surface area (Å²) in [6.45, 7) is 2.22. The smallest absolute Gasteiger partial charge is 0.251 e. The molecule has 0 saturated heterocycles. The Hall–Kier alpha value is -3.19. The van der Waals surface area contributed by atoms with Gasteiger partial charge in [0.1, 0.15) is 5.75 Å². The summed E-state index contributed by atoms with van der Waals surface area (Å²) < 4.78 is 5.17. The summed E-state index contributed by atoms with van der Waals surface area (Å²) in [5.74, 6) is 0.395. The molecule has 1 aromatic heterocycles. The first-order chi connectivity index (χ1) is 13.6.